The van der Waals surface area contributed by atoms with E-state index >= 15 is 0 Å². The number of hydrogen-bond donors (Lipinski definition) is 3. The van der Waals surface area contributed by atoms with Gasteiger partial charge in [0, 0.05) is 29.3 Å². The highest BCUT2D eigenvalue weighted by Crippen LogP contribution is 2.27. The fourth-order valence-corrected chi connectivity index (χ4v) is 2.13. The van der Waals surface area contributed by atoms with Gasteiger partial charge in [-0.1, -0.05) is 0 Å². The van der Waals surface area contributed by atoms with Crippen molar-refractivity contribution in [2.24, 2.45) is 5.73 Å². The quantitative estimate of drug-likeness (QED) is 0.557. The predicted octanol–water partition coefficient (Wildman–Crippen LogP) is 2.73. The molecule has 2 rings (SSSR count). The lowest BCUT2D eigenvalue weighted by molar-refractivity contribution is 0.741. The highest BCUT2D eigenvalue weighted by atomic mass is 15.1. The predicted molar refractivity (Wildman–Crippen MR) is 87.0 cm³/mol. The summed E-state index contributed by atoms with van der Waals surface area (Å²) in [6.45, 7) is 1.64. The molecule has 0 saturated heterocycles. The van der Waals surface area contributed by atoms with Gasteiger partial charge >= 0.3 is 0 Å². The summed E-state index contributed by atoms with van der Waals surface area (Å²) in [4.78, 5) is 2.26. The molecule has 0 atom stereocenters. The molecule has 0 fully saturated rings. The maximum atomic E-state index is 5.76. The maximum Gasteiger partial charge on any atom is 0.0412 e. The average Bonchev–Trinajstić information content (AvgIpc) is 2.46. The van der Waals surface area contributed by atoms with Crippen molar-refractivity contribution < 1.29 is 0 Å². The number of anilines is 4. The molecular weight excluding hydrogens is 248 g/mol. The van der Waals surface area contributed by atoms with Crippen LogP contribution in [-0.2, 0) is 0 Å². The molecule has 0 radical (unpaired) electrons. The van der Waals surface area contributed by atoms with Gasteiger partial charge in [-0.3, -0.25) is 0 Å². The van der Waals surface area contributed by atoms with E-state index in [1.807, 2.05) is 48.5 Å². The Morgan fingerprint density at radius 1 is 0.700 bits per heavy atom. The molecule has 0 aliphatic carbocycles. The molecule has 20 heavy (non-hydrogen) atoms. The maximum absolute atomic E-state index is 5.76. The summed E-state index contributed by atoms with van der Waals surface area (Å²) < 4.78 is 0. The summed E-state index contributed by atoms with van der Waals surface area (Å²) >= 11 is 0. The Balaban J connectivity index is 2.23. The second-order valence-corrected chi connectivity index (χ2v) is 4.83. The van der Waals surface area contributed by atoms with Gasteiger partial charge < -0.3 is 22.1 Å². The molecule has 0 unspecified atom stereocenters. The first-order chi connectivity index (χ1) is 9.70. The van der Waals surface area contributed by atoms with E-state index in [0.717, 1.165) is 48.7 Å². The van der Waals surface area contributed by atoms with Crippen LogP contribution in [0, 0.1) is 0 Å². The summed E-state index contributed by atoms with van der Waals surface area (Å²) in [5, 5.41) is 0. The topological polar surface area (TPSA) is 81.3 Å². The molecule has 2 aromatic carbocycles. The normalized spacial score (nSPS) is 10.4. The van der Waals surface area contributed by atoms with Crippen molar-refractivity contribution in [1.29, 1.82) is 0 Å². The van der Waals surface area contributed by atoms with Crippen LogP contribution in [0.5, 0.6) is 0 Å². The zero-order valence-electron chi connectivity index (χ0n) is 11.6. The summed E-state index contributed by atoms with van der Waals surface area (Å²) in [6.07, 6.45) is 2.06. The minimum absolute atomic E-state index is 0.720. The Kier molecular flexibility index (Phi) is 4.85. The van der Waals surface area contributed by atoms with Crippen molar-refractivity contribution in [2.75, 3.05) is 29.5 Å². The second kappa shape index (κ2) is 6.82. The van der Waals surface area contributed by atoms with Gasteiger partial charge in [0.25, 0.3) is 0 Å². The summed E-state index contributed by atoms with van der Waals surface area (Å²) in [5.74, 6) is 0. The number of rotatable bonds is 6. The van der Waals surface area contributed by atoms with Crippen LogP contribution in [-0.4, -0.2) is 13.1 Å². The van der Waals surface area contributed by atoms with Crippen molar-refractivity contribution in [2.45, 2.75) is 12.8 Å². The summed E-state index contributed by atoms with van der Waals surface area (Å²) in [6, 6.07) is 15.8. The third kappa shape index (κ3) is 3.65. The first kappa shape index (κ1) is 14.2. The molecular formula is C16H22N4. The summed E-state index contributed by atoms with van der Waals surface area (Å²) in [5.41, 5.74) is 20.9. The van der Waals surface area contributed by atoms with Crippen LogP contribution in [0.2, 0.25) is 0 Å². The van der Waals surface area contributed by atoms with Gasteiger partial charge in [-0.15, -0.1) is 0 Å². The number of nitrogens with zero attached hydrogens (tertiary/aromatic N) is 1. The third-order valence-corrected chi connectivity index (χ3v) is 3.25. The molecule has 106 valence electrons. The molecule has 4 heteroatoms. The van der Waals surface area contributed by atoms with Crippen molar-refractivity contribution in [3.8, 4) is 0 Å². The van der Waals surface area contributed by atoms with Gasteiger partial charge in [0.05, 0.1) is 0 Å². The van der Waals surface area contributed by atoms with E-state index in [4.69, 9.17) is 17.2 Å². The number of unbranched alkanes of at least 4 members (excludes halogenated alkanes) is 1. The summed E-state index contributed by atoms with van der Waals surface area (Å²) in [7, 11) is 0. The van der Waals surface area contributed by atoms with Crippen molar-refractivity contribution in [3.05, 3.63) is 48.5 Å². The molecule has 0 aliphatic heterocycles. The van der Waals surface area contributed by atoms with Crippen molar-refractivity contribution in [1.82, 2.24) is 0 Å². The second-order valence-electron chi connectivity index (χ2n) is 4.83. The van der Waals surface area contributed by atoms with Gasteiger partial charge in [-0.2, -0.15) is 0 Å². The van der Waals surface area contributed by atoms with Crippen LogP contribution in [0.3, 0.4) is 0 Å². The molecule has 0 heterocycles. The Morgan fingerprint density at radius 2 is 1.15 bits per heavy atom. The van der Waals surface area contributed by atoms with E-state index in [-0.39, 0.29) is 0 Å². The lowest BCUT2D eigenvalue weighted by Crippen LogP contribution is -2.19. The molecule has 0 amide bonds. The SMILES string of the molecule is NCCCCN(c1ccc(N)cc1)c1ccc(N)cc1. The molecule has 0 saturated carbocycles. The highest BCUT2D eigenvalue weighted by molar-refractivity contribution is 5.66. The van der Waals surface area contributed by atoms with Gasteiger partial charge in [0.1, 0.15) is 0 Å². The van der Waals surface area contributed by atoms with Gasteiger partial charge in [-0.25, -0.2) is 0 Å². The lowest BCUT2D eigenvalue weighted by Gasteiger charge is -2.25. The Morgan fingerprint density at radius 3 is 1.55 bits per heavy atom. The van der Waals surface area contributed by atoms with Gasteiger partial charge in [0.2, 0.25) is 0 Å². The molecule has 0 aliphatic rings. The van der Waals surface area contributed by atoms with E-state index < -0.39 is 0 Å². The third-order valence-electron chi connectivity index (χ3n) is 3.25. The van der Waals surface area contributed by atoms with Crippen LogP contribution in [0.1, 0.15) is 12.8 Å². The average molecular weight is 270 g/mol. The van der Waals surface area contributed by atoms with Crippen LogP contribution < -0.4 is 22.1 Å². The fourth-order valence-electron chi connectivity index (χ4n) is 2.13. The first-order valence-electron chi connectivity index (χ1n) is 6.89. The number of nitrogens with two attached hydrogens (primary N) is 3. The fraction of sp³-hybridized carbons (Fsp3) is 0.250. The van der Waals surface area contributed by atoms with Crippen LogP contribution >= 0.6 is 0 Å². The zero-order chi connectivity index (χ0) is 14.4. The number of hydrogen-bond acceptors (Lipinski definition) is 4. The zero-order valence-corrected chi connectivity index (χ0v) is 11.6. The highest BCUT2D eigenvalue weighted by Gasteiger charge is 2.08. The molecule has 0 aromatic heterocycles. The molecule has 0 bridgehead atoms. The number of nitrogen functional groups attached to an aromatic ring is 2. The van der Waals surface area contributed by atoms with Gasteiger partial charge in [-0.05, 0) is 67.9 Å². The van der Waals surface area contributed by atoms with E-state index in [1.165, 1.54) is 0 Å². The molecule has 0 spiro atoms. The van der Waals surface area contributed by atoms with E-state index in [0.29, 0.717) is 0 Å². The Hall–Kier alpha value is -2.20. The van der Waals surface area contributed by atoms with Crippen molar-refractivity contribution in [3.63, 3.8) is 0 Å². The van der Waals surface area contributed by atoms with Crippen LogP contribution in [0.15, 0.2) is 48.5 Å². The lowest BCUT2D eigenvalue weighted by atomic mass is 10.2. The van der Waals surface area contributed by atoms with Crippen LogP contribution in [0.25, 0.3) is 0 Å². The minimum atomic E-state index is 0.720. The Bertz CT molecular complexity index is 474. The molecule has 2 aromatic rings. The molecule has 6 N–H and O–H groups in total. The Labute approximate surface area is 120 Å². The van der Waals surface area contributed by atoms with E-state index in [2.05, 4.69) is 4.90 Å². The smallest absolute Gasteiger partial charge is 0.0412 e. The van der Waals surface area contributed by atoms with Gasteiger partial charge in [0.15, 0.2) is 0 Å². The van der Waals surface area contributed by atoms with Crippen molar-refractivity contribution >= 4 is 22.7 Å². The van der Waals surface area contributed by atoms with E-state index in [9.17, 15) is 0 Å². The monoisotopic (exact) mass is 270 g/mol. The first-order valence-corrected chi connectivity index (χ1v) is 6.89. The number of benzene rings is 2. The minimum Gasteiger partial charge on any atom is -0.399 e. The largest absolute Gasteiger partial charge is 0.399 e. The van der Waals surface area contributed by atoms with E-state index in [1.54, 1.807) is 0 Å². The molecule has 4 nitrogen and oxygen atoms in total. The standard InChI is InChI=1S/C16H22N4/c17-11-1-2-12-20(15-7-3-13(18)4-8-15)16-9-5-14(19)6-10-16/h3-10H,1-2,11-12,17-19H2. The van der Waals surface area contributed by atoms with Crippen LogP contribution in [0.4, 0.5) is 22.7 Å².